The summed E-state index contributed by atoms with van der Waals surface area (Å²) in [5.74, 6) is -1.85. The van der Waals surface area contributed by atoms with Gasteiger partial charge in [0, 0.05) is 18.3 Å². The number of amides is 1. The minimum absolute atomic E-state index is 0.143. The number of anilines is 1. The third-order valence-corrected chi connectivity index (χ3v) is 2.36. The van der Waals surface area contributed by atoms with Gasteiger partial charge in [-0.1, -0.05) is 0 Å². The van der Waals surface area contributed by atoms with Gasteiger partial charge in [-0.25, -0.2) is 13.8 Å². The second-order valence-electron chi connectivity index (χ2n) is 3.94. The van der Waals surface area contributed by atoms with E-state index in [1.807, 2.05) is 0 Å². The number of nitriles is 1. The van der Waals surface area contributed by atoms with Crippen molar-refractivity contribution in [2.45, 2.75) is 6.42 Å². The molecule has 2 aromatic rings. The van der Waals surface area contributed by atoms with Crippen LogP contribution in [0, 0.1) is 23.0 Å². The maximum atomic E-state index is 13.5. The maximum Gasteiger partial charge on any atom is 0.239 e. The molecular weight excluding hydrogens is 280 g/mol. The number of nitrogens with one attached hydrogen (secondary N) is 1. The Labute approximate surface area is 118 Å². The Bertz CT molecular complexity index is 714. The standard InChI is InChI=1S/C14H9F2N3O2/c15-9-1-2-11(16)12(7-9)21-10-4-6-18-13(8-10)19-14(20)3-5-17/h1-2,4,6-8H,3H2,(H,18,19,20). The number of ether oxygens (including phenoxy) is 1. The van der Waals surface area contributed by atoms with E-state index in [-0.39, 0.29) is 23.7 Å². The lowest BCUT2D eigenvalue weighted by molar-refractivity contribution is -0.115. The first-order chi connectivity index (χ1) is 10.1. The van der Waals surface area contributed by atoms with E-state index in [0.717, 1.165) is 18.2 Å². The fraction of sp³-hybridized carbons (Fsp3) is 0.0714. The van der Waals surface area contributed by atoms with Gasteiger partial charge in [0.1, 0.15) is 23.8 Å². The predicted molar refractivity (Wildman–Crippen MR) is 69.5 cm³/mol. The van der Waals surface area contributed by atoms with Gasteiger partial charge >= 0.3 is 0 Å². The Balaban J connectivity index is 2.16. The van der Waals surface area contributed by atoms with Crippen molar-refractivity contribution in [1.82, 2.24) is 4.98 Å². The van der Waals surface area contributed by atoms with Gasteiger partial charge in [-0.3, -0.25) is 4.79 Å². The van der Waals surface area contributed by atoms with Crippen LogP contribution in [0.3, 0.4) is 0 Å². The van der Waals surface area contributed by atoms with E-state index in [0.29, 0.717) is 0 Å². The number of carbonyl (C=O) groups is 1. The zero-order chi connectivity index (χ0) is 15.2. The zero-order valence-corrected chi connectivity index (χ0v) is 10.6. The van der Waals surface area contributed by atoms with Crippen LogP contribution in [0.2, 0.25) is 0 Å². The molecular formula is C14H9F2N3O2. The molecule has 2 rings (SSSR count). The van der Waals surface area contributed by atoms with E-state index in [9.17, 15) is 13.6 Å². The first kappa shape index (κ1) is 14.4. The Morgan fingerprint density at radius 2 is 2.14 bits per heavy atom. The van der Waals surface area contributed by atoms with Gasteiger partial charge in [0.05, 0.1) is 6.07 Å². The van der Waals surface area contributed by atoms with Gasteiger partial charge < -0.3 is 10.1 Å². The molecule has 1 aromatic heterocycles. The number of halogens is 2. The monoisotopic (exact) mass is 289 g/mol. The van der Waals surface area contributed by atoms with Gasteiger partial charge in [-0.05, 0) is 18.2 Å². The fourth-order valence-corrected chi connectivity index (χ4v) is 1.48. The summed E-state index contributed by atoms with van der Waals surface area (Å²) in [6.07, 6.45) is 1.01. The van der Waals surface area contributed by atoms with Crippen molar-refractivity contribution < 1.29 is 18.3 Å². The van der Waals surface area contributed by atoms with Crippen LogP contribution < -0.4 is 10.1 Å². The molecule has 0 spiro atoms. The largest absolute Gasteiger partial charge is 0.454 e. The van der Waals surface area contributed by atoms with Crippen molar-refractivity contribution >= 4 is 11.7 Å². The first-order valence-corrected chi connectivity index (χ1v) is 5.84. The zero-order valence-electron chi connectivity index (χ0n) is 10.6. The molecule has 0 aliphatic heterocycles. The molecule has 0 saturated carbocycles. The number of aromatic nitrogens is 1. The van der Waals surface area contributed by atoms with Crippen LogP contribution in [0.4, 0.5) is 14.6 Å². The van der Waals surface area contributed by atoms with Crippen LogP contribution in [-0.4, -0.2) is 10.9 Å². The second kappa shape index (κ2) is 6.43. The predicted octanol–water partition coefficient (Wildman–Crippen LogP) is 3.00. The van der Waals surface area contributed by atoms with E-state index < -0.39 is 17.5 Å². The van der Waals surface area contributed by atoms with Gasteiger partial charge in [0.15, 0.2) is 11.6 Å². The lowest BCUT2D eigenvalue weighted by Gasteiger charge is -2.08. The number of hydrogen-bond donors (Lipinski definition) is 1. The minimum atomic E-state index is -0.719. The summed E-state index contributed by atoms with van der Waals surface area (Å²) in [5.41, 5.74) is 0. The molecule has 0 radical (unpaired) electrons. The molecule has 1 N–H and O–H groups in total. The number of nitrogens with zero attached hydrogens (tertiary/aromatic N) is 2. The molecule has 0 aliphatic rings. The molecule has 0 unspecified atom stereocenters. The van der Waals surface area contributed by atoms with Gasteiger partial charge in [-0.2, -0.15) is 5.26 Å². The number of hydrogen-bond acceptors (Lipinski definition) is 4. The molecule has 0 aliphatic carbocycles. The average molecular weight is 289 g/mol. The topological polar surface area (TPSA) is 75.0 Å². The van der Waals surface area contributed by atoms with Crippen LogP contribution in [-0.2, 0) is 4.79 Å². The van der Waals surface area contributed by atoms with E-state index in [1.165, 1.54) is 18.3 Å². The molecule has 0 atom stereocenters. The summed E-state index contributed by atoms with van der Waals surface area (Å²) in [5, 5.41) is 10.8. The van der Waals surface area contributed by atoms with Crippen molar-refractivity contribution in [2.24, 2.45) is 0 Å². The molecule has 1 heterocycles. The third-order valence-electron chi connectivity index (χ3n) is 2.36. The lowest BCUT2D eigenvalue weighted by Crippen LogP contribution is -2.11. The fourth-order valence-electron chi connectivity index (χ4n) is 1.48. The summed E-state index contributed by atoms with van der Waals surface area (Å²) in [4.78, 5) is 15.1. The molecule has 0 fully saturated rings. The van der Waals surface area contributed by atoms with Crippen molar-refractivity contribution in [3.63, 3.8) is 0 Å². The highest BCUT2D eigenvalue weighted by atomic mass is 19.1. The van der Waals surface area contributed by atoms with Crippen molar-refractivity contribution in [1.29, 1.82) is 5.26 Å². The minimum Gasteiger partial charge on any atom is -0.454 e. The lowest BCUT2D eigenvalue weighted by atomic mass is 10.3. The van der Waals surface area contributed by atoms with Gasteiger partial charge in [0.25, 0.3) is 0 Å². The van der Waals surface area contributed by atoms with Gasteiger partial charge in [-0.15, -0.1) is 0 Å². The Morgan fingerprint density at radius 1 is 1.33 bits per heavy atom. The van der Waals surface area contributed by atoms with Crippen molar-refractivity contribution in [3.05, 3.63) is 48.2 Å². The molecule has 106 valence electrons. The summed E-state index contributed by atoms with van der Waals surface area (Å²) in [6.45, 7) is 0. The van der Waals surface area contributed by atoms with Crippen LogP contribution in [0.1, 0.15) is 6.42 Å². The molecule has 0 saturated heterocycles. The molecule has 1 aromatic carbocycles. The van der Waals surface area contributed by atoms with Crippen molar-refractivity contribution in [2.75, 3.05) is 5.32 Å². The third kappa shape index (κ3) is 3.98. The Hall–Kier alpha value is -3.01. The summed E-state index contributed by atoms with van der Waals surface area (Å²) in [6, 6.07) is 7.27. The van der Waals surface area contributed by atoms with E-state index >= 15 is 0 Å². The first-order valence-electron chi connectivity index (χ1n) is 5.84. The summed E-state index contributed by atoms with van der Waals surface area (Å²) in [7, 11) is 0. The molecule has 5 nitrogen and oxygen atoms in total. The SMILES string of the molecule is N#CCC(=O)Nc1cc(Oc2cc(F)ccc2F)ccn1. The highest BCUT2D eigenvalue weighted by molar-refractivity contribution is 5.91. The molecule has 21 heavy (non-hydrogen) atoms. The smallest absolute Gasteiger partial charge is 0.239 e. The second-order valence-corrected chi connectivity index (χ2v) is 3.94. The highest BCUT2D eigenvalue weighted by Crippen LogP contribution is 2.26. The Kier molecular flexibility index (Phi) is 4.41. The quantitative estimate of drug-likeness (QED) is 0.938. The number of carbonyl (C=O) groups excluding carboxylic acids is 1. The number of benzene rings is 1. The van der Waals surface area contributed by atoms with Crippen LogP contribution in [0.15, 0.2) is 36.5 Å². The highest BCUT2D eigenvalue weighted by Gasteiger charge is 2.08. The maximum absolute atomic E-state index is 13.5. The molecule has 0 bridgehead atoms. The Morgan fingerprint density at radius 3 is 2.90 bits per heavy atom. The number of rotatable bonds is 4. The average Bonchev–Trinajstić information content (AvgIpc) is 2.43. The number of pyridine rings is 1. The molecule has 1 amide bonds. The van der Waals surface area contributed by atoms with E-state index in [4.69, 9.17) is 10.00 Å². The normalized spacial score (nSPS) is 9.76. The van der Waals surface area contributed by atoms with Crippen LogP contribution in [0.5, 0.6) is 11.5 Å². The van der Waals surface area contributed by atoms with E-state index in [2.05, 4.69) is 10.3 Å². The van der Waals surface area contributed by atoms with Crippen LogP contribution >= 0.6 is 0 Å². The van der Waals surface area contributed by atoms with Crippen molar-refractivity contribution in [3.8, 4) is 17.6 Å². The van der Waals surface area contributed by atoms with Gasteiger partial charge in [0.2, 0.25) is 5.91 Å². The summed E-state index contributed by atoms with van der Waals surface area (Å²) < 4.78 is 31.7. The summed E-state index contributed by atoms with van der Waals surface area (Å²) >= 11 is 0. The molecule has 7 heteroatoms. The van der Waals surface area contributed by atoms with Crippen LogP contribution in [0.25, 0.3) is 0 Å². The van der Waals surface area contributed by atoms with E-state index in [1.54, 1.807) is 6.07 Å².